The number of aromatic carboxylic acids is 1. The van der Waals surface area contributed by atoms with Crippen molar-refractivity contribution in [2.24, 2.45) is 0 Å². The first-order valence-corrected chi connectivity index (χ1v) is 6.32. The van der Waals surface area contributed by atoms with Gasteiger partial charge in [-0.1, -0.05) is 38.1 Å². The van der Waals surface area contributed by atoms with Gasteiger partial charge in [0.1, 0.15) is 0 Å². The summed E-state index contributed by atoms with van der Waals surface area (Å²) in [4.78, 5) is 11.1. The molecule has 1 aromatic carbocycles. The number of carboxylic acid groups (broad SMARTS) is 1. The fourth-order valence-corrected chi connectivity index (χ4v) is 1.99. The van der Waals surface area contributed by atoms with Crippen LogP contribution in [0.3, 0.4) is 0 Å². The lowest BCUT2D eigenvalue weighted by Gasteiger charge is -2.08. The SMILES string of the molecule is CCc1c(C(=O)O)nnn1-c1ccc(C(C)C)cc1. The molecule has 0 amide bonds. The minimum atomic E-state index is -1.04. The van der Waals surface area contributed by atoms with Gasteiger partial charge in [0.2, 0.25) is 0 Å². The molecule has 0 radical (unpaired) electrons. The molecule has 0 fully saturated rings. The number of carbonyl (C=O) groups is 1. The molecule has 1 aromatic heterocycles. The molecule has 1 N–H and O–H groups in total. The molecule has 0 saturated heterocycles. The summed E-state index contributed by atoms with van der Waals surface area (Å²) in [5.41, 5.74) is 2.71. The predicted octanol–water partition coefficient (Wildman–Crippen LogP) is 2.65. The van der Waals surface area contributed by atoms with Crippen LogP contribution in [0.5, 0.6) is 0 Å². The smallest absolute Gasteiger partial charge is 0.358 e. The molecule has 0 saturated carbocycles. The fraction of sp³-hybridized carbons (Fsp3) is 0.357. The van der Waals surface area contributed by atoms with Gasteiger partial charge in [-0.2, -0.15) is 0 Å². The van der Waals surface area contributed by atoms with Crippen LogP contribution >= 0.6 is 0 Å². The lowest BCUT2D eigenvalue weighted by molar-refractivity contribution is 0.0689. The van der Waals surface area contributed by atoms with Gasteiger partial charge in [0.05, 0.1) is 11.4 Å². The van der Waals surface area contributed by atoms with Crippen molar-refractivity contribution in [2.75, 3.05) is 0 Å². The number of nitrogens with zero attached hydrogens (tertiary/aromatic N) is 3. The van der Waals surface area contributed by atoms with Gasteiger partial charge in [-0.05, 0) is 30.0 Å². The summed E-state index contributed by atoms with van der Waals surface area (Å²) in [5.74, 6) is -0.577. The van der Waals surface area contributed by atoms with Gasteiger partial charge in [-0.3, -0.25) is 0 Å². The van der Waals surface area contributed by atoms with E-state index in [1.165, 1.54) is 5.56 Å². The Bertz CT molecular complexity index is 585. The van der Waals surface area contributed by atoms with Crippen molar-refractivity contribution in [3.63, 3.8) is 0 Å². The highest BCUT2D eigenvalue weighted by Gasteiger charge is 2.18. The van der Waals surface area contributed by atoms with Crippen LogP contribution in [0.15, 0.2) is 24.3 Å². The third-order valence-corrected chi connectivity index (χ3v) is 3.10. The average Bonchev–Trinajstić information content (AvgIpc) is 2.82. The van der Waals surface area contributed by atoms with E-state index in [0.717, 1.165) is 5.69 Å². The Balaban J connectivity index is 2.44. The number of benzene rings is 1. The topological polar surface area (TPSA) is 68.0 Å². The second-order valence-corrected chi connectivity index (χ2v) is 4.70. The van der Waals surface area contributed by atoms with Crippen LogP contribution in [-0.4, -0.2) is 26.1 Å². The van der Waals surface area contributed by atoms with E-state index in [4.69, 9.17) is 5.11 Å². The van der Waals surface area contributed by atoms with Crippen LogP contribution in [0.25, 0.3) is 5.69 Å². The molecule has 0 bridgehead atoms. The van der Waals surface area contributed by atoms with E-state index >= 15 is 0 Å². The van der Waals surface area contributed by atoms with Crippen LogP contribution in [0.2, 0.25) is 0 Å². The van der Waals surface area contributed by atoms with Gasteiger partial charge >= 0.3 is 5.97 Å². The van der Waals surface area contributed by atoms with E-state index in [1.54, 1.807) is 4.68 Å². The maximum atomic E-state index is 11.1. The third-order valence-electron chi connectivity index (χ3n) is 3.10. The zero-order valence-electron chi connectivity index (χ0n) is 11.3. The van der Waals surface area contributed by atoms with Gasteiger partial charge in [0, 0.05) is 0 Å². The van der Waals surface area contributed by atoms with Crippen molar-refractivity contribution in [1.82, 2.24) is 15.0 Å². The van der Waals surface area contributed by atoms with E-state index in [0.29, 0.717) is 18.0 Å². The van der Waals surface area contributed by atoms with Gasteiger partial charge in [-0.15, -0.1) is 5.10 Å². The molecule has 0 aliphatic heterocycles. The minimum Gasteiger partial charge on any atom is -0.476 e. The number of hydrogen-bond acceptors (Lipinski definition) is 3. The van der Waals surface area contributed by atoms with Crippen molar-refractivity contribution in [1.29, 1.82) is 0 Å². The molecule has 2 rings (SSSR count). The van der Waals surface area contributed by atoms with Crippen LogP contribution < -0.4 is 0 Å². The zero-order valence-corrected chi connectivity index (χ0v) is 11.3. The summed E-state index contributed by atoms with van der Waals surface area (Å²) in [5, 5.41) is 16.7. The highest BCUT2D eigenvalue weighted by atomic mass is 16.4. The summed E-state index contributed by atoms with van der Waals surface area (Å²) in [6, 6.07) is 7.94. The Morgan fingerprint density at radius 1 is 1.32 bits per heavy atom. The number of aromatic nitrogens is 3. The first-order chi connectivity index (χ1) is 9.04. The van der Waals surface area contributed by atoms with Crippen molar-refractivity contribution in [3.8, 4) is 5.69 Å². The van der Waals surface area contributed by atoms with Crippen molar-refractivity contribution >= 4 is 5.97 Å². The highest BCUT2D eigenvalue weighted by molar-refractivity contribution is 5.86. The summed E-state index contributed by atoms with van der Waals surface area (Å²) in [7, 11) is 0. The standard InChI is InChI=1S/C14H17N3O2/c1-4-12-13(14(18)19)15-16-17(12)11-7-5-10(6-8-11)9(2)3/h5-9H,4H2,1-3H3,(H,18,19). The summed E-state index contributed by atoms with van der Waals surface area (Å²) in [6.07, 6.45) is 0.570. The second-order valence-electron chi connectivity index (χ2n) is 4.70. The normalized spacial score (nSPS) is 10.9. The van der Waals surface area contributed by atoms with E-state index in [2.05, 4.69) is 24.2 Å². The summed E-state index contributed by atoms with van der Waals surface area (Å²) >= 11 is 0. The Morgan fingerprint density at radius 2 is 1.95 bits per heavy atom. The van der Waals surface area contributed by atoms with Crippen molar-refractivity contribution in [2.45, 2.75) is 33.1 Å². The monoisotopic (exact) mass is 259 g/mol. The quantitative estimate of drug-likeness (QED) is 0.916. The van der Waals surface area contributed by atoms with Crippen LogP contribution in [0.1, 0.15) is 48.4 Å². The predicted molar refractivity (Wildman–Crippen MR) is 71.8 cm³/mol. The Kier molecular flexibility index (Phi) is 3.64. The summed E-state index contributed by atoms with van der Waals surface area (Å²) < 4.78 is 1.59. The van der Waals surface area contributed by atoms with Crippen molar-refractivity contribution in [3.05, 3.63) is 41.2 Å². The van der Waals surface area contributed by atoms with E-state index < -0.39 is 5.97 Å². The van der Waals surface area contributed by atoms with Crippen LogP contribution in [-0.2, 0) is 6.42 Å². The molecule has 5 nitrogen and oxygen atoms in total. The molecule has 0 spiro atoms. The highest BCUT2D eigenvalue weighted by Crippen LogP contribution is 2.18. The first-order valence-electron chi connectivity index (χ1n) is 6.32. The lowest BCUT2D eigenvalue weighted by Crippen LogP contribution is -2.06. The molecule has 2 aromatic rings. The molecule has 0 aliphatic carbocycles. The molecular formula is C14H17N3O2. The lowest BCUT2D eigenvalue weighted by atomic mass is 10.0. The molecule has 5 heteroatoms. The van der Waals surface area contributed by atoms with Crippen LogP contribution in [0.4, 0.5) is 0 Å². The minimum absolute atomic E-state index is 0.0236. The van der Waals surface area contributed by atoms with E-state index in [9.17, 15) is 4.79 Å². The summed E-state index contributed by atoms with van der Waals surface area (Å²) in [6.45, 7) is 6.15. The molecule has 0 aliphatic rings. The third kappa shape index (κ3) is 2.50. The van der Waals surface area contributed by atoms with Gasteiger partial charge in [-0.25, -0.2) is 9.48 Å². The number of carboxylic acids is 1. The molecule has 0 atom stereocenters. The number of rotatable bonds is 4. The molecule has 19 heavy (non-hydrogen) atoms. The van der Waals surface area contributed by atoms with E-state index in [-0.39, 0.29) is 5.69 Å². The van der Waals surface area contributed by atoms with Crippen LogP contribution in [0, 0.1) is 0 Å². The second kappa shape index (κ2) is 5.22. The van der Waals surface area contributed by atoms with Gasteiger partial charge < -0.3 is 5.11 Å². The average molecular weight is 259 g/mol. The first kappa shape index (κ1) is 13.3. The molecule has 1 heterocycles. The number of hydrogen-bond donors (Lipinski definition) is 1. The van der Waals surface area contributed by atoms with E-state index in [1.807, 2.05) is 31.2 Å². The maximum Gasteiger partial charge on any atom is 0.358 e. The maximum absolute atomic E-state index is 11.1. The fourth-order valence-electron chi connectivity index (χ4n) is 1.99. The van der Waals surface area contributed by atoms with Crippen molar-refractivity contribution < 1.29 is 9.90 Å². The van der Waals surface area contributed by atoms with Gasteiger partial charge in [0.25, 0.3) is 0 Å². The van der Waals surface area contributed by atoms with Gasteiger partial charge in [0.15, 0.2) is 5.69 Å². The Morgan fingerprint density at radius 3 is 2.42 bits per heavy atom. The molecule has 0 unspecified atom stereocenters. The molecular weight excluding hydrogens is 242 g/mol. The molecule has 100 valence electrons. The largest absolute Gasteiger partial charge is 0.476 e. The Labute approximate surface area is 111 Å². The Hall–Kier alpha value is -2.17. The zero-order chi connectivity index (χ0) is 14.0.